The fourth-order valence-electron chi connectivity index (χ4n) is 1.41. The van der Waals surface area contributed by atoms with Crippen molar-refractivity contribution in [1.29, 1.82) is 0 Å². The van der Waals surface area contributed by atoms with E-state index in [1.165, 1.54) is 19.0 Å². The van der Waals surface area contributed by atoms with Crippen LogP contribution in [0.1, 0.15) is 33.6 Å². The lowest BCUT2D eigenvalue weighted by molar-refractivity contribution is 0.242. The first kappa shape index (κ1) is 7.54. The maximum atomic E-state index is 2.87. The maximum absolute atomic E-state index is 2.87. The summed E-state index contributed by atoms with van der Waals surface area (Å²) < 4.78 is 0. The Bertz CT molecular complexity index is 106. The molecule has 1 unspecified atom stereocenters. The van der Waals surface area contributed by atoms with E-state index < -0.39 is 0 Å². The van der Waals surface area contributed by atoms with Crippen molar-refractivity contribution >= 4 is 9.24 Å². The molecular weight excluding hydrogens is 127 g/mol. The molecule has 1 saturated carbocycles. The molecule has 0 aromatic heterocycles. The van der Waals surface area contributed by atoms with Gasteiger partial charge in [-0.1, -0.05) is 20.8 Å². The van der Waals surface area contributed by atoms with Gasteiger partial charge in [0.15, 0.2) is 0 Å². The predicted octanol–water partition coefficient (Wildman–Crippen LogP) is 2.69. The highest BCUT2D eigenvalue weighted by atomic mass is 31.0. The average Bonchev–Trinajstić information content (AvgIpc) is 2.40. The van der Waals surface area contributed by atoms with E-state index in [0.29, 0.717) is 10.8 Å². The quantitative estimate of drug-likeness (QED) is 0.496. The van der Waals surface area contributed by atoms with Crippen molar-refractivity contribution in [2.75, 3.05) is 6.16 Å². The highest BCUT2D eigenvalue weighted by Crippen LogP contribution is 2.59. The van der Waals surface area contributed by atoms with Crippen molar-refractivity contribution in [3.8, 4) is 0 Å². The van der Waals surface area contributed by atoms with Crippen LogP contribution in [0.4, 0.5) is 0 Å². The minimum absolute atomic E-state index is 0.536. The van der Waals surface area contributed by atoms with Crippen LogP contribution in [0, 0.1) is 10.8 Å². The summed E-state index contributed by atoms with van der Waals surface area (Å²) in [7, 11) is 2.87. The van der Waals surface area contributed by atoms with Gasteiger partial charge in [-0.3, -0.25) is 0 Å². The van der Waals surface area contributed by atoms with E-state index in [1.54, 1.807) is 0 Å². The molecule has 0 N–H and O–H groups in total. The molecule has 1 rings (SSSR count). The fourth-order valence-corrected chi connectivity index (χ4v) is 2.43. The Balaban J connectivity index is 2.60. The van der Waals surface area contributed by atoms with Crippen molar-refractivity contribution < 1.29 is 0 Å². The zero-order valence-electron chi connectivity index (χ0n) is 6.70. The number of rotatable bonds is 1. The van der Waals surface area contributed by atoms with Crippen LogP contribution in [0.5, 0.6) is 0 Å². The van der Waals surface area contributed by atoms with Crippen LogP contribution in [-0.4, -0.2) is 6.16 Å². The van der Waals surface area contributed by atoms with Crippen LogP contribution >= 0.6 is 9.24 Å². The Labute approximate surface area is 60.6 Å². The standard InChI is InChI=1S/C8H17P/c1-7(2,3)8(6-9)4-5-8/h4-6,9H2,1-3H3. The third-order valence-corrected chi connectivity index (χ3v) is 3.62. The molecule has 0 nitrogen and oxygen atoms in total. The summed E-state index contributed by atoms with van der Waals surface area (Å²) >= 11 is 0. The minimum atomic E-state index is 0.536. The van der Waals surface area contributed by atoms with Gasteiger partial charge in [0.05, 0.1) is 0 Å². The molecule has 0 aromatic carbocycles. The Kier molecular flexibility index (Phi) is 1.64. The van der Waals surface area contributed by atoms with Crippen LogP contribution in [0.25, 0.3) is 0 Å². The van der Waals surface area contributed by atoms with Gasteiger partial charge < -0.3 is 0 Å². The summed E-state index contributed by atoms with van der Waals surface area (Å²) in [5, 5.41) is 0. The van der Waals surface area contributed by atoms with Crippen LogP contribution < -0.4 is 0 Å². The summed E-state index contributed by atoms with van der Waals surface area (Å²) in [6.45, 7) is 7.05. The van der Waals surface area contributed by atoms with E-state index in [2.05, 4.69) is 30.0 Å². The molecule has 9 heavy (non-hydrogen) atoms. The Morgan fingerprint density at radius 2 is 1.78 bits per heavy atom. The Hall–Kier alpha value is 0.430. The van der Waals surface area contributed by atoms with E-state index in [1.807, 2.05) is 0 Å². The van der Waals surface area contributed by atoms with Gasteiger partial charge in [-0.2, -0.15) is 0 Å². The molecule has 0 saturated heterocycles. The zero-order valence-corrected chi connectivity index (χ0v) is 7.85. The monoisotopic (exact) mass is 144 g/mol. The zero-order chi connectivity index (χ0) is 7.12. The lowest BCUT2D eigenvalue weighted by Crippen LogP contribution is -2.22. The van der Waals surface area contributed by atoms with Gasteiger partial charge in [-0.05, 0) is 29.8 Å². The van der Waals surface area contributed by atoms with Gasteiger partial charge in [-0.25, -0.2) is 0 Å². The molecule has 0 aromatic rings. The van der Waals surface area contributed by atoms with Gasteiger partial charge in [0.25, 0.3) is 0 Å². The second-order valence-electron chi connectivity index (χ2n) is 4.23. The van der Waals surface area contributed by atoms with Gasteiger partial charge in [0, 0.05) is 0 Å². The third-order valence-electron chi connectivity index (χ3n) is 2.84. The van der Waals surface area contributed by atoms with Crippen molar-refractivity contribution in [2.45, 2.75) is 33.6 Å². The normalized spacial score (nSPS) is 24.0. The lowest BCUT2D eigenvalue weighted by Gasteiger charge is -2.29. The molecule has 0 heterocycles. The third kappa shape index (κ3) is 1.15. The van der Waals surface area contributed by atoms with Crippen molar-refractivity contribution in [3.63, 3.8) is 0 Å². The van der Waals surface area contributed by atoms with E-state index in [0.717, 1.165) is 0 Å². The molecule has 54 valence electrons. The summed E-state index contributed by atoms with van der Waals surface area (Å²) in [6, 6.07) is 0. The predicted molar refractivity (Wildman–Crippen MR) is 45.7 cm³/mol. The molecule has 1 aliphatic rings. The molecule has 0 amide bonds. The van der Waals surface area contributed by atoms with Crippen molar-refractivity contribution in [2.24, 2.45) is 10.8 Å². The van der Waals surface area contributed by atoms with Crippen LogP contribution in [0.2, 0.25) is 0 Å². The van der Waals surface area contributed by atoms with Gasteiger partial charge in [0.1, 0.15) is 0 Å². The van der Waals surface area contributed by atoms with E-state index in [9.17, 15) is 0 Å². The average molecular weight is 144 g/mol. The smallest absolute Gasteiger partial charge is 0.0214 e. The first-order valence-electron chi connectivity index (χ1n) is 3.72. The van der Waals surface area contributed by atoms with Crippen molar-refractivity contribution in [1.82, 2.24) is 0 Å². The van der Waals surface area contributed by atoms with E-state index in [-0.39, 0.29) is 0 Å². The molecular formula is C8H17P. The van der Waals surface area contributed by atoms with E-state index >= 15 is 0 Å². The van der Waals surface area contributed by atoms with Gasteiger partial charge in [0.2, 0.25) is 0 Å². The topological polar surface area (TPSA) is 0 Å². The molecule has 0 bridgehead atoms. The highest BCUT2D eigenvalue weighted by molar-refractivity contribution is 7.16. The molecule has 0 spiro atoms. The second kappa shape index (κ2) is 1.95. The summed E-state index contributed by atoms with van der Waals surface area (Å²) in [5.74, 6) is 0. The summed E-state index contributed by atoms with van der Waals surface area (Å²) in [5.41, 5.74) is 1.23. The van der Waals surface area contributed by atoms with Crippen LogP contribution in [0.15, 0.2) is 0 Å². The molecule has 1 atom stereocenters. The molecule has 0 radical (unpaired) electrons. The van der Waals surface area contributed by atoms with Crippen molar-refractivity contribution in [3.05, 3.63) is 0 Å². The molecule has 1 fully saturated rings. The maximum Gasteiger partial charge on any atom is -0.0214 e. The number of hydrogen-bond donors (Lipinski definition) is 0. The van der Waals surface area contributed by atoms with Crippen LogP contribution in [-0.2, 0) is 0 Å². The Morgan fingerprint density at radius 3 is 1.78 bits per heavy atom. The van der Waals surface area contributed by atoms with E-state index in [4.69, 9.17) is 0 Å². The summed E-state index contributed by atoms with van der Waals surface area (Å²) in [4.78, 5) is 0. The van der Waals surface area contributed by atoms with Gasteiger partial charge in [-0.15, -0.1) is 9.24 Å². The summed E-state index contributed by atoms with van der Waals surface area (Å²) in [6.07, 6.45) is 4.18. The SMILES string of the molecule is CC(C)(C)C1(CP)CC1. The first-order valence-corrected chi connectivity index (χ1v) is 4.54. The number of hydrogen-bond acceptors (Lipinski definition) is 0. The molecule has 0 aliphatic heterocycles. The Morgan fingerprint density at radius 1 is 1.33 bits per heavy atom. The minimum Gasteiger partial charge on any atom is -0.137 e. The first-order chi connectivity index (χ1) is 4.02. The fraction of sp³-hybridized carbons (Fsp3) is 1.00. The highest BCUT2D eigenvalue weighted by Gasteiger charge is 2.49. The van der Waals surface area contributed by atoms with Crippen LogP contribution in [0.3, 0.4) is 0 Å². The van der Waals surface area contributed by atoms with Gasteiger partial charge >= 0.3 is 0 Å². The largest absolute Gasteiger partial charge is 0.137 e. The molecule has 1 heteroatoms. The lowest BCUT2D eigenvalue weighted by atomic mass is 9.79. The second-order valence-corrected chi connectivity index (χ2v) is 4.64. The molecule has 1 aliphatic carbocycles.